The van der Waals surface area contributed by atoms with Gasteiger partial charge in [0.25, 0.3) is 5.92 Å². The topological polar surface area (TPSA) is 57.5 Å². The van der Waals surface area contributed by atoms with E-state index in [4.69, 9.17) is 5.11 Å². The molecule has 0 aromatic rings. The molecule has 2 rings (SSSR count). The Morgan fingerprint density at radius 2 is 1.60 bits per heavy atom. The minimum Gasteiger partial charge on any atom is -0.481 e. The standard InChI is InChI=1S/C10H14F2O3/c11-10(12)5-8(6-10,7(13)14)9(15)3-1-2-4-9/h15H,1-6H2,(H,13,14). The Morgan fingerprint density at radius 1 is 1.13 bits per heavy atom. The highest BCUT2D eigenvalue weighted by Crippen LogP contribution is 2.61. The number of alkyl halides is 2. The van der Waals surface area contributed by atoms with Crippen molar-refractivity contribution in [3.05, 3.63) is 0 Å². The van der Waals surface area contributed by atoms with Crippen LogP contribution in [0.4, 0.5) is 8.78 Å². The van der Waals surface area contributed by atoms with E-state index in [1.54, 1.807) is 0 Å². The van der Waals surface area contributed by atoms with Crippen molar-refractivity contribution in [3.8, 4) is 0 Å². The van der Waals surface area contributed by atoms with Gasteiger partial charge in [-0.2, -0.15) is 0 Å². The molecule has 5 heteroatoms. The second kappa shape index (κ2) is 2.90. The van der Waals surface area contributed by atoms with Gasteiger partial charge in [-0.25, -0.2) is 8.78 Å². The number of carboxylic acid groups (broad SMARTS) is 1. The zero-order chi connectivity index (χ0) is 11.3. The molecule has 0 aliphatic heterocycles. The molecule has 2 N–H and O–H groups in total. The van der Waals surface area contributed by atoms with Crippen molar-refractivity contribution in [2.75, 3.05) is 0 Å². The van der Waals surface area contributed by atoms with Gasteiger partial charge in [0.2, 0.25) is 0 Å². The van der Waals surface area contributed by atoms with Gasteiger partial charge < -0.3 is 10.2 Å². The molecule has 15 heavy (non-hydrogen) atoms. The molecule has 0 amide bonds. The lowest BCUT2D eigenvalue weighted by Crippen LogP contribution is -2.63. The second-order valence-electron chi connectivity index (χ2n) is 4.84. The number of halogens is 2. The van der Waals surface area contributed by atoms with Crippen LogP contribution in [0.2, 0.25) is 0 Å². The van der Waals surface area contributed by atoms with Crippen LogP contribution in [0.1, 0.15) is 38.5 Å². The van der Waals surface area contributed by atoms with E-state index in [2.05, 4.69) is 0 Å². The molecule has 0 aromatic carbocycles. The lowest BCUT2D eigenvalue weighted by Gasteiger charge is -2.52. The van der Waals surface area contributed by atoms with Crippen LogP contribution in [0.5, 0.6) is 0 Å². The zero-order valence-corrected chi connectivity index (χ0v) is 8.30. The first kappa shape index (κ1) is 10.8. The Kier molecular flexibility index (Phi) is 2.09. The number of rotatable bonds is 2. The van der Waals surface area contributed by atoms with Gasteiger partial charge >= 0.3 is 5.97 Å². The van der Waals surface area contributed by atoms with E-state index in [0.29, 0.717) is 12.8 Å². The van der Waals surface area contributed by atoms with Crippen molar-refractivity contribution in [3.63, 3.8) is 0 Å². The first-order chi connectivity index (χ1) is 6.81. The minimum absolute atomic E-state index is 0.329. The fraction of sp³-hybridized carbons (Fsp3) is 0.900. The quantitative estimate of drug-likeness (QED) is 0.745. The Bertz CT molecular complexity index is 287. The van der Waals surface area contributed by atoms with Crippen LogP contribution in [-0.4, -0.2) is 27.7 Å². The van der Waals surface area contributed by atoms with Crippen molar-refractivity contribution < 1.29 is 23.8 Å². The van der Waals surface area contributed by atoms with Crippen molar-refractivity contribution in [2.24, 2.45) is 5.41 Å². The normalized spacial score (nSPS) is 30.9. The smallest absolute Gasteiger partial charge is 0.313 e. The lowest BCUT2D eigenvalue weighted by molar-refractivity contribution is -0.242. The predicted molar refractivity (Wildman–Crippen MR) is 47.7 cm³/mol. The summed E-state index contributed by atoms with van der Waals surface area (Å²) < 4.78 is 25.7. The number of hydrogen-bond donors (Lipinski definition) is 2. The molecule has 2 aliphatic carbocycles. The van der Waals surface area contributed by atoms with Crippen LogP contribution in [0.15, 0.2) is 0 Å². The Morgan fingerprint density at radius 3 is 1.93 bits per heavy atom. The summed E-state index contributed by atoms with van der Waals surface area (Å²) in [5, 5.41) is 19.2. The summed E-state index contributed by atoms with van der Waals surface area (Å²) in [5.41, 5.74) is -3.02. The summed E-state index contributed by atoms with van der Waals surface area (Å²) in [6.45, 7) is 0. The molecular formula is C10H14F2O3. The highest BCUT2D eigenvalue weighted by Gasteiger charge is 2.70. The Hall–Kier alpha value is -0.710. The maximum absolute atomic E-state index is 12.8. The first-order valence-corrected chi connectivity index (χ1v) is 5.15. The van der Waals surface area contributed by atoms with E-state index in [1.807, 2.05) is 0 Å². The molecule has 0 unspecified atom stereocenters. The molecule has 0 heterocycles. The van der Waals surface area contributed by atoms with Gasteiger partial charge in [-0.05, 0) is 12.8 Å². The molecular weight excluding hydrogens is 206 g/mol. The van der Waals surface area contributed by atoms with Crippen LogP contribution in [-0.2, 0) is 4.79 Å². The number of aliphatic hydroxyl groups is 1. The Balaban J connectivity index is 2.26. The maximum Gasteiger partial charge on any atom is 0.313 e. The van der Waals surface area contributed by atoms with Gasteiger partial charge in [-0.1, -0.05) is 12.8 Å². The van der Waals surface area contributed by atoms with E-state index in [-0.39, 0.29) is 0 Å². The molecule has 2 fully saturated rings. The van der Waals surface area contributed by atoms with Gasteiger partial charge in [0, 0.05) is 12.8 Å². The number of aliphatic carboxylic acids is 1. The fourth-order valence-corrected chi connectivity index (χ4v) is 2.95. The SMILES string of the molecule is O=C(O)C1(C2(O)CCCC2)CC(F)(F)C1. The van der Waals surface area contributed by atoms with Gasteiger partial charge in [0.15, 0.2) is 0 Å². The van der Waals surface area contributed by atoms with Gasteiger partial charge in [0.1, 0.15) is 5.41 Å². The van der Waals surface area contributed by atoms with Crippen molar-refractivity contribution in [1.29, 1.82) is 0 Å². The fourth-order valence-electron chi connectivity index (χ4n) is 2.95. The molecule has 0 aromatic heterocycles. The molecule has 0 bridgehead atoms. The van der Waals surface area contributed by atoms with E-state index >= 15 is 0 Å². The van der Waals surface area contributed by atoms with Crippen LogP contribution >= 0.6 is 0 Å². The maximum atomic E-state index is 12.8. The zero-order valence-electron chi connectivity index (χ0n) is 8.30. The van der Waals surface area contributed by atoms with Crippen LogP contribution in [0.3, 0.4) is 0 Å². The van der Waals surface area contributed by atoms with E-state index in [0.717, 1.165) is 12.8 Å². The molecule has 0 spiro atoms. The molecule has 0 atom stereocenters. The average Bonchev–Trinajstić information content (AvgIpc) is 2.48. The first-order valence-electron chi connectivity index (χ1n) is 5.15. The predicted octanol–water partition coefficient (Wildman–Crippen LogP) is 1.79. The minimum atomic E-state index is -2.92. The van der Waals surface area contributed by atoms with Crippen LogP contribution in [0.25, 0.3) is 0 Å². The molecule has 86 valence electrons. The number of hydrogen-bond acceptors (Lipinski definition) is 2. The summed E-state index contributed by atoms with van der Waals surface area (Å²) >= 11 is 0. The summed E-state index contributed by atoms with van der Waals surface area (Å²) in [7, 11) is 0. The van der Waals surface area contributed by atoms with Crippen LogP contribution in [0, 0.1) is 5.41 Å². The largest absolute Gasteiger partial charge is 0.481 e. The molecule has 0 saturated heterocycles. The van der Waals surface area contributed by atoms with E-state index in [1.165, 1.54) is 0 Å². The molecule has 2 aliphatic rings. The summed E-state index contributed by atoms with van der Waals surface area (Å²) in [5.74, 6) is -4.20. The lowest BCUT2D eigenvalue weighted by atomic mass is 9.56. The Labute approximate surface area is 86.1 Å². The molecule has 2 saturated carbocycles. The van der Waals surface area contributed by atoms with E-state index < -0.39 is 35.7 Å². The number of carboxylic acids is 1. The van der Waals surface area contributed by atoms with Crippen molar-refractivity contribution >= 4 is 5.97 Å². The average molecular weight is 220 g/mol. The third-order valence-electron chi connectivity index (χ3n) is 3.85. The monoisotopic (exact) mass is 220 g/mol. The van der Waals surface area contributed by atoms with Crippen molar-refractivity contribution in [1.82, 2.24) is 0 Å². The molecule has 3 nitrogen and oxygen atoms in total. The summed E-state index contributed by atoms with van der Waals surface area (Å²) in [4.78, 5) is 11.1. The summed E-state index contributed by atoms with van der Waals surface area (Å²) in [6.07, 6.45) is 0.663. The van der Waals surface area contributed by atoms with Crippen molar-refractivity contribution in [2.45, 2.75) is 50.0 Å². The highest BCUT2D eigenvalue weighted by atomic mass is 19.3. The highest BCUT2D eigenvalue weighted by molar-refractivity contribution is 5.78. The molecule has 0 radical (unpaired) electrons. The van der Waals surface area contributed by atoms with Crippen LogP contribution < -0.4 is 0 Å². The third kappa shape index (κ3) is 1.36. The van der Waals surface area contributed by atoms with Gasteiger partial charge in [-0.3, -0.25) is 4.79 Å². The number of carbonyl (C=O) groups is 1. The summed E-state index contributed by atoms with van der Waals surface area (Å²) in [6, 6.07) is 0. The second-order valence-corrected chi connectivity index (χ2v) is 4.84. The van der Waals surface area contributed by atoms with Gasteiger partial charge in [0.05, 0.1) is 5.60 Å². The third-order valence-corrected chi connectivity index (χ3v) is 3.85. The van der Waals surface area contributed by atoms with Gasteiger partial charge in [-0.15, -0.1) is 0 Å². The van der Waals surface area contributed by atoms with E-state index in [9.17, 15) is 18.7 Å².